The average molecular weight is 294 g/mol. The monoisotopic (exact) mass is 294 g/mol. The molecule has 3 heterocycles. The largest absolute Gasteiger partial charge is 0.326 e. The third kappa shape index (κ3) is 1.74. The number of pyridine rings is 1. The van der Waals surface area contributed by atoms with Crippen molar-refractivity contribution in [2.24, 2.45) is 0 Å². The second-order valence-electron chi connectivity index (χ2n) is 4.89. The highest BCUT2D eigenvalue weighted by atomic mass is 16.1. The van der Waals surface area contributed by atoms with Gasteiger partial charge in [0.2, 0.25) is 5.91 Å². The first-order valence-electron chi connectivity index (χ1n) is 6.57. The van der Waals surface area contributed by atoms with E-state index in [-0.39, 0.29) is 11.5 Å². The van der Waals surface area contributed by atoms with E-state index in [9.17, 15) is 9.59 Å². The molecule has 108 valence electrons. The molecule has 0 bridgehead atoms. The SMILES string of the molecule is CC(=O)Nc1ccc2nc3ccc4n[nH]nc4n3c(=O)c2c1. The number of nitrogens with one attached hydrogen (secondary N) is 2. The van der Waals surface area contributed by atoms with Gasteiger partial charge in [-0.2, -0.15) is 10.3 Å². The molecule has 8 heteroatoms. The lowest BCUT2D eigenvalue weighted by atomic mass is 10.2. The van der Waals surface area contributed by atoms with E-state index in [1.165, 1.54) is 11.3 Å². The van der Waals surface area contributed by atoms with Gasteiger partial charge in [-0.3, -0.25) is 9.59 Å². The van der Waals surface area contributed by atoms with Crippen LogP contribution in [0.1, 0.15) is 6.92 Å². The Morgan fingerprint density at radius 2 is 2.00 bits per heavy atom. The maximum absolute atomic E-state index is 12.8. The van der Waals surface area contributed by atoms with E-state index in [0.717, 1.165) is 0 Å². The Morgan fingerprint density at radius 3 is 2.82 bits per heavy atom. The normalized spacial score (nSPS) is 11.3. The molecule has 0 fully saturated rings. The van der Waals surface area contributed by atoms with Crippen molar-refractivity contribution >= 4 is 39.3 Å². The lowest BCUT2D eigenvalue weighted by molar-refractivity contribution is -0.114. The standard InChI is InChI=1S/C14H10N6O2/c1-7(21)15-8-2-3-10-9(6-8)14(22)20-12(16-10)5-4-11-13(20)18-19-17-11/h2-6H,1H3,(H,15,21)(H,17,18,19). The minimum Gasteiger partial charge on any atom is -0.326 e. The van der Waals surface area contributed by atoms with Crippen molar-refractivity contribution < 1.29 is 4.79 Å². The van der Waals surface area contributed by atoms with Crippen molar-refractivity contribution in [3.8, 4) is 0 Å². The lowest BCUT2D eigenvalue weighted by Gasteiger charge is -2.06. The molecule has 0 saturated carbocycles. The van der Waals surface area contributed by atoms with Crippen LogP contribution in [0.2, 0.25) is 0 Å². The number of benzene rings is 1. The summed E-state index contributed by atoms with van der Waals surface area (Å²) < 4.78 is 1.40. The molecule has 1 aromatic carbocycles. The molecule has 0 spiro atoms. The van der Waals surface area contributed by atoms with Crippen LogP contribution in [-0.2, 0) is 4.79 Å². The molecular weight excluding hydrogens is 284 g/mol. The smallest absolute Gasteiger partial charge is 0.267 e. The number of anilines is 1. The molecule has 0 unspecified atom stereocenters. The third-order valence-electron chi connectivity index (χ3n) is 3.37. The summed E-state index contributed by atoms with van der Waals surface area (Å²) in [5, 5.41) is 13.5. The number of fused-ring (bicyclic) bond motifs is 4. The quantitative estimate of drug-likeness (QED) is 0.511. The zero-order valence-electron chi connectivity index (χ0n) is 11.5. The summed E-state index contributed by atoms with van der Waals surface area (Å²) in [4.78, 5) is 28.4. The lowest BCUT2D eigenvalue weighted by Crippen LogP contribution is -2.16. The van der Waals surface area contributed by atoms with E-state index in [1.54, 1.807) is 30.3 Å². The summed E-state index contributed by atoms with van der Waals surface area (Å²) in [6.45, 7) is 1.41. The summed E-state index contributed by atoms with van der Waals surface area (Å²) in [5.74, 6) is -0.202. The second-order valence-corrected chi connectivity index (χ2v) is 4.89. The predicted molar refractivity (Wildman–Crippen MR) is 80.7 cm³/mol. The Morgan fingerprint density at radius 1 is 1.18 bits per heavy atom. The van der Waals surface area contributed by atoms with E-state index in [0.29, 0.717) is 33.4 Å². The maximum atomic E-state index is 12.8. The fourth-order valence-electron chi connectivity index (χ4n) is 2.46. The van der Waals surface area contributed by atoms with Gasteiger partial charge in [-0.1, -0.05) is 0 Å². The Balaban J connectivity index is 2.13. The maximum Gasteiger partial charge on any atom is 0.267 e. The van der Waals surface area contributed by atoms with Crippen molar-refractivity contribution in [2.45, 2.75) is 6.92 Å². The number of carbonyl (C=O) groups excluding carboxylic acids is 1. The third-order valence-corrected chi connectivity index (χ3v) is 3.37. The summed E-state index contributed by atoms with van der Waals surface area (Å²) in [6, 6.07) is 8.49. The van der Waals surface area contributed by atoms with Gasteiger partial charge in [-0.15, -0.1) is 5.10 Å². The molecule has 4 aromatic rings. The van der Waals surface area contributed by atoms with Crippen molar-refractivity contribution in [3.05, 3.63) is 40.7 Å². The summed E-state index contributed by atoms with van der Waals surface area (Å²) in [6.07, 6.45) is 0. The van der Waals surface area contributed by atoms with Gasteiger partial charge in [0, 0.05) is 12.6 Å². The highest BCUT2D eigenvalue weighted by molar-refractivity contribution is 5.92. The van der Waals surface area contributed by atoms with Gasteiger partial charge < -0.3 is 5.32 Å². The van der Waals surface area contributed by atoms with Crippen molar-refractivity contribution in [1.29, 1.82) is 0 Å². The van der Waals surface area contributed by atoms with Gasteiger partial charge in [-0.25, -0.2) is 9.38 Å². The highest BCUT2D eigenvalue weighted by Crippen LogP contribution is 2.17. The van der Waals surface area contributed by atoms with Crippen LogP contribution in [0.3, 0.4) is 0 Å². The number of carbonyl (C=O) groups is 1. The number of nitrogens with zero attached hydrogens (tertiary/aromatic N) is 4. The molecular formula is C14H10N6O2. The molecule has 4 rings (SSSR count). The van der Waals surface area contributed by atoms with Crippen LogP contribution in [-0.4, -0.2) is 30.7 Å². The van der Waals surface area contributed by atoms with Crippen LogP contribution in [0.15, 0.2) is 35.1 Å². The molecule has 0 atom stereocenters. The van der Waals surface area contributed by atoms with Gasteiger partial charge in [0.05, 0.1) is 10.9 Å². The second kappa shape index (κ2) is 4.35. The van der Waals surface area contributed by atoms with Gasteiger partial charge in [0.25, 0.3) is 5.56 Å². The van der Waals surface area contributed by atoms with E-state index in [4.69, 9.17) is 0 Å². The van der Waals surface area contributed by atoms with Crippen LogP contribution >= 0.6 is 0 Å². The molecule has 0 aliphatic carbocycles. The Labute approximate surface area is 122 Å². The number of hydrogen-bond acceptors (Lipinski definition) is 5. The molecule has 22 heavy (non-hydrogen) atoms. The average Bonchev–Trinajstić information content (AvgIpc) is 2.95. The number of hydrogen-bond donors (Lipinski definition) is 2. The van der Waals surface area contributed by atoms with Gasteiger partial charge >= 0.3 is 0 Å². The topological polar surface area (TPSA) is 105 Å². The molecule has 0 saturated heterocycles. The van der Waals surface area contributed by atoms with E-state index < -0.39 is 0 Å². The molecule has 0 radical (unpaired) electrons. The molecule has 1 amide bonds. The van der Waals surface area contributed by atoms with Crippen LogP contribution < -0.4 is 10.9 Å². The van der Waals surface area contributed by atoms with E-state index >= 15 is 0 Å². The minimum atomic E-state index is -0.258. The summed E-state index contributed by atoms with van der Waals surface area (Å²) in [7, 11) is 0. The molecule has 0 aliphatic heterocycles. The molecule has 8 nitrogen and oxygen atoms in total. The van der Waals surface area contributed by atoms with Crippen LogP contribution in [0.4, 0.5) is 5.69 Å². The van der Waals surface area contributed by atoms with Crippen molar-refractivity contribution in [1.82, 2.24) is 24.8 Å². The summed E-state index contributed by atoms with van der Waals surface area (Å²) in [5.41, 5.74) is 2.33. The van der Waals surface area contributed by atoms with Crippen LogP contribution in [0.5, 0.6) is 0 Å². The fourth-order valence-corrected chi connectivity index (χ4v) is 2.46. The number of aromatic amines is 1. The fraction of sp³-hybridized carbons (Fsp3) is 0.0714. The first-order valence-corrected chi connectivity index (χ1v) is 6.57. The molecule has 2 N–H and O–H groups in total. The van der Waals surface area contributed by atoms with E-state index in [1.807, 2.05) is 0 Å². The van der Waals surface area contributed by atoms with Gasteiger partial charge in [-0.05, 0) is 30.3 Å². The number of aromatic nitrogens is 5. The first kappa shape index (κ1) is 12.5. The molecule has 3 aromatic heterocycles. The Bertz CT molecular complexity index is 1110. The minimum absolute atomic E-state index is 0.202. The Kier molecular flexibility index (Phi) is 2.46. The number of rotatable bonds is 1. The number of amides is 1. The first-order chi connectivity index (χ1) is 10.6. The van der Waals surface area contributed by atoms with Crippen LogP contribution in [0.25, 0.3) is 27.7 Å². The summed E-state index contributed by atoms with van der Waals surface area (Å²) >= 11 is 0. The van der Waals surface area contributed by atoms with Gasteiger partial charge in [0.1, 0.15) is 11.2 Å². The zero-order valence-corrected chi connectivity index (χ0v) is 11.5. The van der Waals surface area contributed by atoms with E-state index in [2.05, 4.69) is 25.7 Å². The zero-order chi connectivity index (χ0) is 15.3. The Hall–Kier alpha value is -3.29. The van der Waals surface area contributed by atoms with Crippen molar-refractivity contribution in [3.63, 3.8) is 0 Å². The van der Waals surface area contributed by atoms with Crippen LogP contribution in [0, 0.1) is 0 Å². The predicted octanol–water partition coefficient (Wildman–Crippen LogP) is 1.08. The van der Waals surface area contributed by atoms with Gasteiger partial charge in [0.15, 0.2) is 5.65 Å². The molecule has 0 aliphatic rings. The van der Waals surface area contributed by atoms with Crippen molar-refractivity contribution in [2.75, 3.05) is 5.32 Å². The number of H-pyrrole nitrogens is 1. The highest BCUT2D eigenvalue weighted by Gasteiger charge is 2.11.